The Morgan fingerprint density at radius 1 is 0.900 bits per heavy atom. The Kier molecular flexibility index (Phi) is 1.44. The Hall–Kier alpha value is -1.33. The molecule has 0 fully saturated rings. The Balaban J connectivity index is 3.28. The first-order chi connectivity index (χ1) is 4.61. The van der Waals surface area contributed by atoms with Gasteiger partial charge in [-0.3, -0.25) is 0 Å². The summed E-state index contributed by atoms with van der Waals surface area (Å²) in [6.07, 6.45) is 0. The molecular formula is C4H2F3N3. The van der Waals surface area contributed by atoms with E-state index in [1.165, 1.54) is 0 Å². The fraction of sp³-hybridized carbons (Fsp3) is 0. The summed E-state index contributed by atoms with van der Waals surface area (Å²) in [5.41, 5.74) is 4.73. The molecule has 0 spiro atoms. The molecule has 0 amide bonds. The van der Waals surface area contributed by atoms with Gasteiger partial charge in [0.1, 0.15) is 0 Å². The average molecular weight is 149 g/mol. The second-order valence-electron chi connectivity index (χ2n) is 1.48. The van der Waals surface area contributed by atoms with E-state index in [2.05, 4.69) is 9.97 Å². The molecule has 0 saturated carbocycles. The van der Waals surface area contributed by atoms with Crippen LogP contribution in [0.2, 0.25) is 0 Å². The molecule has 0 atom stereocenters. The van der Waals surface area contributed by atoms with Crippen LogP contribution in [0, 0.1) is 17.8 Å². The smallest absolute Gasteiger partial charge is 0.271 e. The van der Waals surface area contributed by atoms with E-state index in [1.54, 1.807) is 0 Å². The number of aromatic nitrogens is 2. The summed E-state index contributed by atoms with van der Waals surface area (Å²) in [6.45, 7) is 0. The summed E-state index contributed by atoms with van der Waals surface area (Å²) in [6, 6.07) is 0. The number of nitrogen functional groups attached to an aromatic ring is 1. The number of nitrogens with zero attached hydrogens (tertiary/aromatic N) is 2. The Morgan fingerprint density at radius 3 is 1.90 bits per heavy atom. The summed E-state index contributed by atoms with van der Waals surface area (Å²) in [4.78, 5) is 5.15. The van der Waals surface area contributed by atoms with E-state index in [-0.39, 0.29) is 0 Å². The molecule has 0 bridgehead atoms. The molecule has 0 radical (unpaired) electrons. The van der Waals surface area contributed by atoms with Crippen molar-refractivity contribution in [3.63, 3.8) is 0 Å². The summed E-state index contributed by atoms with van der Waals surface area (Å²) in [5, 5.41) is 0. The highest BCUT2D eigenvalue weighted by Gasteiger charge is 2.09. The van der Waals surface area contributed by atoms with Crippen LogP contribution in [-0.4, -0.2) is 9.97 Å². The van der Waals surface area contributed by atoms with Crippen molar-refractivity contribution in [2.24, 2.45) is 0 Å². The average Bonchev–Trinajstić information content (AvgIpc) is 1.84. The van der Waals surface area contributed by atoms with Gasteiger partial charge in [0.15, 0.2) is 5.82 Å². The van der Waals surface area contributed by atoms with Crippen LogP contribution in [0.4, 0.5) is 19.0 Å². The maximum absolute atomic E-state index is 12.1. The zero-order valence-electron chi connectivity index (χ0n) is 4.61. The van der Waals surface area contributed by atoms with Gasteiger partial charge < -0.3 is 5.73 Å². The van der Waals surface area contributed by atoms with E-state index >= 15 is 0 Å². The monoisotopic (exact) mass is 149 g/mol. The molecular weight excluding hydrogens is 147 g/mol. The number of anilines is 1. The van der Waals surface area contributed by atoms with Crippen molar-refractivity contribution in [3.05, 3.63) is 17.8 Å². The lowest BCUT2D eigenvalue weighted by atomic mass is 10.6. The fourth-order valence-corrected chi connectivity index (χ4v) is 0.388. The van der Waals surface area contributed by atoms with Gasteiger partial charge in [-0.1, -0.05) is 0 Å². The van der Waals surface area contributed by atoms with Crippen LogP contribution in [0.25, 0.3) is 0 Å². The van der Waals surface area contributed by atoms with Gasteiger partial charge >= 0.3 is 0 Å². The highest BCUT2D eigenvalue weighted by molar-refractivity contribution is 5.23. The van der Waals surface area contributed by atoms with E-state index in [9.17, 15) is 13.2 Å². The molecule has 1 heterocycles. The van der Waals surface area contributed by atoms with Crippen molar-refractivity contribution < 1.29 is 13.2 Å². The molecule has 0 aliphatic carbocycles. The molecule has 6 heteroatoms. The first-order valence-electron chi connectivity index (χ1n) is 2.25. The number of hydrogen-bond acceptors (Lipinski definition) is 3. The van der Waals surface area contributed by atoms with Crippen LogP contribution in [0.3, 0.4) is 0 Å². The van der Waals surface area contributed by atoms with Crippen molar-refractivity contribution in [1.29, 1.82) is 0 Å². The molecule has 1 rings (SSSR count). The maximum atomic E-state index is 12.1. The third-order valence-corrected chi connectivity index (χ3v) is 0.797. The van der Waals surface area contributed by atoms with E-state index in [0.29, 0.717) is 0 Å². The second kappa shape index (κ2) is 2.13. The van der Waals surface area contributed by atoms with E-state index < -0.39 is 23.7 Å². The van der Waals surface area contributed by atoms with Crippen molar-refractivity contribution in [2.75, 3.05) is 5.73 Å². The van der Waals surface area contributed by atoms with Crippen molar-refractivity contribution in [1.82, 2.24) is 9.97 Å². The third-order valence-electron chi connectivity index (χ3n) is 0.797. The summed E-state index contributed by atoms with van der Waals surface area (Å²) < 4.78 is 35.9. The quantitative estimate of drug-likeness (QED) is 0.583. The zero-order chi connectivity index (χ0) is 7.72. The molecule has 0 aromatic carbocycles. The Bertz CT molecular complexity index is 212. The van der Waals surface area contributed by atoms with Crippen LogP contribution >= 0.6 is 0 Å². The largest absolute Gasteiger partial charge is 0.380 e. The molecule has 1 aromatic heterocycles. The standard InChI is InChI=1S/C4H2F3N3/c5-1-2(6)10-4(8)3(7)9-1/h(H2,8,10). The van der Waals surface area contributed by atoms with Crippen molar-refractivity contribution in [2.45, 2.75) is 0 Å². The molecule has 1 aromatic rings. The number of hydrogen-bond donors (Lipinski definition) is 1. The van der Waals surface area contributed by atoms with Gasteiger partial charge in [-0.05, 0) is 0 Å². The lowest BCUT2D eigenvalue weighted by Gasteiger charge is -1.93. The van der Waals surface area contributed by atoms with Gasteiger partial charge in [-0.15, -0.1) is 0 Å². The number of halogens is 3. The highest BCUT2D eigenvalue weighted by atomic mass is 19.2. The van der Waals surface area contributed by atoms with Gasteiger partial charge in [0.2, 0.25) is 0 Å². The van der Waals surface area contributed by atoms with E-state index in [4.69, 9.17) is 5.73 Å². The predicted molar refractivity (Wildman–Crippen MR) is 26.3 cm³/mol. The fourth-order valence-electron chi connectivity index (χ4n) is 0.388. The van der Waals surface area contributed by atoms with Crippen LogP contribution in [0.1, 0.15) is 0 Å². The van der Waals surface area contributed by atoms with Crippen LogP contribution < -0.4 is 5.73 Å². The number of nitrogens with two attached hydrogens (primary N) is 1. The lowest BCUT2D eigenvalue weighted by molar-refractivity contribution is 0.425. The predicted octanol–water partition coefficient (Wildman–Crippen LogP) is 0.476. The third kappa shape index (κ3) is 0.996. The molecule has 0 aliphatic heterocycles. The Morgan fingerprint density at radius 2 is 1.40 bits per heavy atom. The van der Waals surface area contributed by atoms with Gasteiger partial charge in [0.05, 0.1) is 0 Å². The SMILES string of the molecule is Nc1nc(F)c(F)nc1F. The van der Waals surface area contributed by atoms with Crippen LogP contribution in [0.5, 0.6) is 0 Å². The van der Waals surface area contributed by atoms with Crippen molar-refractivity contribution >= 4 is 5.82 Å². The van der Waals surface area contributed by atoms with Gasteiger partial charge in [0, 0.05) is 0 Å². The molecule has 10 heavy (non-hydrogen) atoms. The van der Waals surface area contributed by atoms with Crippen molar-refractivity contribution in [3.8, 4) is 0 Å². The molecule has 2 N–H and O–H groups in total. The maximum Gasteiger partial charge on any atom is 0.271 e. The minimum absolute atomic E-state index is 0.751. The topological polar surface area (TPSA) is 51.8 Å². The first-order valence-corrected chi connectivity index (χ1v) is 2.25. The van der Waals surface area contributed by atoms with Crippen LogP contribution in [0.15, 0.2) is 0 Å². The molecule has 0 aliphatic rings. The molecule has 0 saturated heterocycles. The highest BCUT2D eigenvalue weighted by Crippen LogP contribution is 2.05. The first kappa shape index (κ1) is 6.79. The summed E-state index contributed by atoms with van der Waals surface area (Å²) in [7, 11) is 0. The minimum Gasteiger partial charge on any atom is -0.380 e. The van der Waals surface area contributed by atoms with Gasteiger partial charge in [-0.2, -0.15) is 23.1 Å². The summed E-state index contributed by atoms with van der Waals surface area (Å²) in [5.74, 6) is -5.15. The lowest BCUT2D eigenvalue weighted by Crippen LogP contribution is -2.03. The van der Waals surface area contributed by atoms with Crippen LogP contribution in [-0.2, 0) is 0 Å². The zero-order valence-corrected chi connectivity index (χ0v) is 4.61. The second-order valence-corrected chi connectivity index (χ2v) is 1.48. The minimum atomic E-state index is -1.59. The molecule has 54 valence electrons. The van der Waals surface area contributed by atoms with Gasteiger partial charge in [0.25, 0.3) is 17.8 Å². The van der Waals surface area contributed by atoms with Gasteiger partial charge in [-0.25, -0.2) is 0 Å². The van der Waals surface area contributed by atoms with E-state index in [0.717, 1.165) is 0 Å². The Labute approximate surface area is 53.7 Å². The summed E-state index contributed by atoms with van der Waals surface area (Å²) >= 11 is 0. The molecule has 0 unspecified atom stereocenters. The van der Waals surface area contributed by atoms with E-state index in [1.807, 2.05) is 0 Å². The number of rotatable bonds is 0. The normalized spacial score (nSPS) is 9.90. The molecule has 3 nitrogen and oxygen atoms in total.